The van der Waals surface area contributed by atoms with Crippen LogP contribution in [0, 0.1) is 0 Å². The van der Waals surface area contributed by atoms with Crippen LogP contribution in [0.2, 0.25) is 5.02 Å². The predicted octanol–water partition coefficient (Wildman–Crippen LogP) is 3.40. The normalized spacial score (nSPS) is 19.5. The first kappa shape index (κ1) is 12.6. The molecule has 1 aliphatic rings. The Hall–Kier alpha value is -0.860. The molecule has 0 amide bonds. The van der Waals surface area contributed by atoms with Crippen molar-refractivity contribution in [2.45, 2.75) is 32.2 Å². The molecule has 1 fully saturated rings. The van der Waals surface area contributed by atoms with E-state index in [1.165, 1.54) is 6.42 Å². The third-order valence-corrected chi connectivity index (χ3v) is 3.79. The van der Waals surface area contributed by atoms with Crippen molar-refractivity contribution in [1.82, 2.24) is 4.90 Å². The summed E-state index contributed by atoms with van der Waals surface area (Å²) < 4.78 is 0. The van der Waals surface area contributed by atoms with Gasteiger partial charge >= 0.3 is 0 Å². The van der Waals surface area contributed by atoms with Crippen molar-refractivity contribution in [3.8, 4) is 0 Å². The highest BCUT2D eigenvalue weighted by atomic mass is 35.5. The third-order valence-electron chi connectivity index (χ3n) is 3.55. The van der Waals surface area contributed by atoms with Crippen LogP contribution in [-0.2, 0) is 0 Å². The summed E-state index contributed by atoms with van der Waals surface area (Å²) in [4.78, 5) is 14.4. The SMILES string of the molecule is CC1(C)CCCN1CC(=O)c1cccc(Cl)c1. The molecule has 92 valence electrons. The van der Waals surface area contributed by atoms with Crippen molar-refractivity contribution in [3.63, 3.8) is 0 Å². The predicted molar refractivity (Wildman–Crippen MR) is 70.7 cm³/mol. The van der Waals surface area contributed by atoms with Crippen LogP contribution < -0.4 is 0 Å². The van der Waals surface area contributed by atoms with E-state index in [9.17, 15) is 4.79 Å². The maximum absolute atomic E-state index is 12.1. The van der Waals surface area contributed by atoms with E-state index in [0.717, 1.165) is 13.0 Å². The van der Waals surface area contributed by atoms with Gasteiger partial charge in [-0.1, -0.05) is 23.7 Å². The summed E-state index contributed by atoms with van der Waals surface area (Å²) in [5.74, 6) is 0.155. The molecule has 2 rings (SSSR count). The molecule has 0 unspecified atom stereocenters. The fraction of sp³-hybridized carbons (Fsp3) is 0.500. The van der Waals surface area contributed by atoms with Crippen LogP contribution in [0.15, 0.2) is 24.3 Å². The molecule has 0 N–H and O–H groups in total. The number of benzene rings is 1. The summed E-state index contributed by atoms with van der Waals surface area (Å²) in [5, 5.41) is 0.622. The van der Waals surface area contributed by atoms with Gasteiger partial charge in [0.1, 0.15) is 0 Å². The zero-order valence-electron chi connectivity index (χ0n) is 10.4. The summed E-state index contributed by atoms with van der Waals surface area (Å²) >= 11 is 5.90. The molecule has 3 heteroatoms. The van der Waals surface area contributed by atoms with Crippen molar-refractivity contribution in [2.75, 3.05) is 13.1 Å². The first-order chi connectivity index (χ1) is 7.99. The molecule has 0 saturated carbocycles. The van der Waals surface area contributed by atoms with Gasteiger partial charge in [0.15, 0.2) is 5.78 Å². The molecule has 17 heavy (non-hydrogen) atoms. The number of Topliss-reactive ketones (excluding diaryl/α,β-unsaturated/α-hetero) is 1. The monoisotopic (exact) mass is 251 g/mol. The van der Waals surface area contributed by atoms with Crippen molar-refractivity contribution < 1.29 is 4.79 Å². The number of carbonyl (C=O) groups excluding carboxylic acids is 1. The Balaban J connectivity index is 2.07. The average Bonchev–Trinajstić information content (AvgIpc) is 2.58. The molecule has 0 spiro atoms. The number of carbonyl (C=O) groups is 1. The molecule has 0 aromatic heterocycles. The Morgan fingerprint density at radius 1 is 1.47 bits per heavy atom. The summed E-state index contributed by atoms with van der Waals surface area (Å²) in [6.07, 6.45) is 2.34. The lowest BCUT2D eigenvalue weighted by Gasteiger charge is -2.30. The highest BCUT2D eigenvalue weighted by molar-refractivity contribution is 6.31. The van der Waals surface area contributed by atoms with Crippen LogP contribution in [0.5, 0.6) is 0 Å². The fourth-order valence-electron chi connectivity index (χ4n) is 2.38. The molecule has 0 aliphatic carbocycles. The van der Waals surface area contributed by atoms with Gasteiger partial charge in [-0.25, -0.2) is 0 Å². The quantitative estimate of drug-likeness (QED) is 0.768. The number of halogens is 1. The van der Waals surface area contributed by atoms with Gasteiger partial charge in [-0.3, -0.25) is 9.69 Å². The first-order valence-electron chi connectivity index (χ1n) is 6.03. The van der Waals surface area contributed by atoms with Crippen molar-refractivity contribution >= 4 is 17.4 Å². The van der Waals surface area contributed by atoms with Crippen LogP contribution >= 0.6 is 11.6 Å². The Labute approximate surface area is 108 Å². The topological polar surface area (TPSA) is 20.3 Å². The molecule has 1 aromatic rings. The largest absolute Gasteiger partial charge is 0.293 e. The van der Waals surface area contributed by atoms with Crippen molar-refractivity contribution in [2.24, 2.45) is 0 Å². The van der Waals surface area contributed by atoms with Crippen LogP contribution in [0.4, 0.5) is 0 Å². The number of rotatable bonds is 3. The van der Waals surface area contributed by atoms with Gasteiger partial charge in [-0.05, 0) is 45.4 Å². The number of likely N-dealkylation sites (tertiary alicyclic amines) is 1. The maximum Gasteiger partial charge on any atom is 0.176 e. The van der Waals surface area contributed by atoms with Crippen LogP contribution in [0.1, 0.15) is 37.0 Å². The lowest BCUT2D eigenvalue weighted by atomic mass is 10.0. The molecule has 2 nitrogen and oxygen atoms in total. The smallest absolute Gasteiger partial charge is 0.176 e. The Kier molecular flexibility index (Phi) is 3.55. The lowest BCUT2D eigenvalue weighted by molar-refractivity contribution is 0.0871. The standard InChI is InChI=1S/C14H18ClNO/c1-14(2)7-4-8-16(14)10-13(17)11-5-3-6-12(15)9-11/h3,5-6,9H,4,7-8,10H2,1-2H3. The van der Waals surface area contributed by atoms with Gasteiger partial charge in [-0.15, -0.1) is 0 Å². The van der Waals surface area contributed by atoms with Gasteiger partial charge in [0.25, 0.3) is 0 Å². The number of hydrogen-bond donors (Lipinski definition) is 0. The van der Waals surface area contributed by atoms with Crippen LogP contribution in [0.25, 0.3) is 0 Å². The summed E-state index contributed by atoms with van der Waals surface area (Å²) in [6.45, 7) is 5.91. The number of ketones is 1. The van der Waals surface area contributed by atoms with E-state index >= 15 is 0 Å². The average molecular weight is 252 g/mol. The molecule has 1 aliphatic heterocycles. The second kappa shape index (κ2) is 4.79. The van der Waals surface area contributed by atoms with E-state index in [-0.39, 0.29) is 11.3 Å². The molecule has 0 atom stereocenters. The van der Waals surface area contributed by atoms with Crippen molar-refractivity contribution in [1.29, 1.82) is 0 Å². The van der Waals surface area contributed by atoms with Crippen LogP contribution in [-0.4, -0.2) is 29.3 Å². The molecule has 1 aromatic carbocycles. The van der Waals surface area contributed by atoms with E-state index in [4.69, 9.17) is 11.6 Å². The number of nitrogens with zero attached hydrogens (tertiary/aromatic N) is 1. The van der Waals surface area contributed by atoms with Crippen molar-refractivity contribution in [3.05, 3.63) is 34.9 Å². The Morgan fingerprint density at radius 3 is 2.82 bits per heavy atom. The van der Waals surface area contributed by atoms with E-state index in [0.29, 0.717) is 17.1 Å². The highest BCUT2D eigenvalue weighted by Gasteiger charge is 2.32. The minimum absolute atomic E-state index is 0.147. The molecule has 1 heterocycles. The lowest BCUT2D eigenvalue weighted by Crippen LogP contribution is -2.41. The van der Waals surface area contributed by atoms with Gasteiger partial charge < -0.3 is 0 Å². The Morgan fingerprint density at radius 2 is 2.24 bits per heavy atom. The van der Waals surface area contributed by atoms with E-state index in [2.05, 4.69) is 18.7 Å². The summed E-state index contributed by atoms with van der Waals surface area (Å²) in [7, 11) is 0. The molecule has 0 bridgehead atoms. The van der Waals surface area contributed by atoms with E-state index in [1.54, 1.807) is 12.1 Å². The first-order valence-corrected chi connectivity index (χ1v) is 6.41. The van der Waals surface area contributed by atoms with Gasteiger partial charge in [0.05, 0.1) is 6.54 Å². The van der Waals surface area contributed by atoms with E-state index in [1.807, 2.05) is 12.1 Å². The number of hydrogen-bond acceptors (Lipinski definition) is 2. The Bertz CT molecular complexity index is 428. The highest BCUT2D eigenvalue weighted by Crippen LogP contribution is 2.28. The summed E-state index contributed by atoms with van der Waals surface area (Å²) in [5.41, 5.74) is 0.856. The van der Waals surface area contributed by atoms with Gasteiger partial charge in [-0.2, -0.15) is 0 Å². The molecule has 1 saturated heterocycles. The van der Waals surface area contributed by atoms with Gasteiger partial charge in [0, 0.05) is 16.1 Å². The molecular weight excluding hydrogens is 234 g/mol. The second-order valence-corrected chi connectivity index (χ2v) is 5.71. The van der Waals surface area contributed by atoms with E-state index < -0.39 is 0 Å². The van der Waals surface area contributed by atoms with Gasteiger partial charge in [0.2, 0.25) is 0 Å². The third kappa shape index (κ3) is 2.88. The second-order valence-electron chi connectivity index (χ2n) is 5.27. The minimum atomic E-state index is 0.147. The zero-order valence-corrected chi connectivity index (χ0v) is 11.1. The molecule has 0 radical (unpaired) electrons. The zero-order chi connectivity index (χ0) is 12.5. The summed E-state index contributed by atoms with van der Waals surface area (Å²) in [6, 6.07) is 7.19. The molecular formula is C14H18ClNO. The minimum Gasteiger partial charge on any atom is -0.293 e. The maximum atomic E-state index is 12.1. The fourth-order valence-corrected chi connectivity index (χ4v) is 2.57. The van der Waals surface area contributed by atoms with Crippen LogP contribution in [0.3, 0.4) is 0 Å².